The van der Waals surface area contributed by atoms with Gasteiger partial charge < -0.3 is 10.6 Å². The Balaban J connectivity index is 1.75. The fourth-order valence-corrected chi connectivity index (χ4v) is 2.21. The molecule has 2 amide bonds. The van der Waals surface area contributed by atoms with Crippen LogP contribution in [-0.4, -0.2) is 11.8 Å². The summed E-state index contributed by atoms with van der Waals surface area (Å²) in [5.41, 5.74) is 2.72. The molecule has 0 aliphatic carbocycles. The summed E-state index contributed by atoms with van der Waals surface area (Å²) in [4.78, 5) is 23.2. The van der Waals surface area contributed by atoms with Crippen LogP contribution in [0.4, 0.5) is 11.4 Å². The topological polar surface area (TPSA) is 58.2 Å². The lowest BCUT2D eigenvalue weighted by Gasteiger charge is -2.07. The van der Waals surface area contributed by atoms with Gasteiger partial charge in [0.05, 0.1) is 0 Å². The van der Waals surface area contributed by atoms with Crippen LogP contribution < -0.4 is 10.6 Å². The van der Waals surface area contributed by atoms with Crippen LogP contribution in [0.5, 0.6) is 0 Å². The van der Waals surface area contributed by atoms with E-state index in [0.29, 0.717) is 12.8 Å². The predicted octanol–water partition coefficient (Wildman–Crippen LogP) is 4.00. The van der Waals surface area contributed by atoms with E-state index in [0.717, 1.165) is 24.2 Å². The third kappa shape index (κ3) is 5.94. The largest absolute Gasteiger partial charge is 0.326 e. The first kappa shape index (κ1) is 16.7. The molecule has 0 aliphatic heterocycles. The second-order valence-corrected chi connectivity index (χ2v) is 5.37. The first-order valence-corrected chi connectivity index (χ1v) is 7.91. The number of carbonyl (C=O) groups excluding carboxylic acids is 2. The molecule has 4 heteroatoms. The van der Waals surface area contributed by atoms with Gasteiger partial charge in [-0.05, 0) is 42.7 Å². The zero-order chi connectivity index (χ0) is 16.5. The van der Waals surface area contributed by atoms with Crippen molar-refractivity contribution in [2.24, 2.45) is 0 Å². The van der Waals surface area contributed by atoms with Crippen LogP contribution >= 0.6 is 0 Å². The van der Waals surface area contributed by atoms with Crippen molar-refractivity contribution in [2.75, 3.05) is 10.6 Å². The van der Waals surface area contributed by atoms with Crippen molar-refractivity contribution in [2.45, 2.75) is 32.6 Å². The summed E-state index contributed by atoms with van der Waals surface area (Å²) in [6, 6.07) is 17.3. The predicted molar refractivity (Wildman–Crippen MR) is 93.4 cm³/mol. The number of hydrogen-bond donors (Lipinski definition) is 2. The molecule has 0 radical (unpaired) electrons. The number of rotatable bonds is 7. The molecule has 0 saturated carbocycles. The highest BCUT2D eigenvalue weighted by atomic mass is 16.2. The Morgan fingerprint density at radius 1 is 0.826 bits per heavy atom. The monoisotopic (exact) mass is 310 g/mol. The van der Waals surface area contributed by atoms with Crippen molar-refractivity contribution < 1.29 is 9.59 Å². The maximum absolute atomic E-state index is 11.9. The highest BCUT2D eigenvalue weighted by Crippen LogP contribution is 2.14. The molecule has 0 heterocycles. The molecule has 0 aromatic heterocycles. The number of nitrogens with one attached hydrogen (secondary N) is 2. The molecule has 0 atom stereocenters. The second kappa shape index (κ2) is 8.73. The van der Waals surface area contributed by atoms with E-state index in [1.807, 2.05) is 18.2 Å². The Kier molecular flexibility index (Phi) is 6.36. The highest BCUT2D eigenvalue weighted by Gasteiger charge is 2.04. The molecular formula is C19H22N2O2. The average Bonchev–Trinajstić information content (AvgIpc) is 2.57. The van der Waals surface area contributed by atoms with Crippen molar-refractivity contribution >= 4 is 23.2 Å². The molecule has 0 unspecified atom stereocenters. The van der Waals surface area contributed by atoms with Gasteiger partial charge in [0.2, 0.25) is 11.8 Å². The zero-order valence-electron chi connectivity index (χ0n) is 13.3. The van der Waals surface area contributed by atoms with Crippen molar-refractivity contribution in [1.29, 1.82) is 0 Å². The lowest BCUT2D eigenvalue weighted by molar-refractivity contribution is -0.116. The number of hydrogen-bond acceptors (Lipinski definition) is 2. The van der Waals surface area contributed by atoms with Gasteiger partial charge in [0.1, 0.15) is 0 Å². The summed E-state index contributed by atoms with van der Waals surface area (Å²) >= 11 is 0. The summed E-state index contributed by atoms with van der Waals surface area (Å²) < 4.78 is 0. The van der Waals surface area contributed by atoms with E-state index in [4.69, 9.17) is 0 Å². The van der Waals surface area contributed by atoms with Gasteiger partial charge in [-0.15, -0.1) is 0 Å². The number of amides is 2. The maximum Gasteiger partial charge on any atom is 0.224 e. The van der Waals surface area contributed by atoms with Crippen LogP contribution in [0.3, 0.4) is 0 Å². The van der Waals surface area contributed by atoms with Crippen molar-refractivity contribution in [3.05, 3.63) is 60.2 Å². The third-order valence-electron chi connectivity index (χ3n) is 3.49. The van der Waals surface area contributed by atoms with Gasteiger partial charge >= 0.3 is 0 Å². The normalized spacial score (nSPS) is 10.1. The lowest BCUT2D eigenvalue weighted by atomic mass is 10.1. The average molecular weight is 310 g/mol. The molecule has 0 bridgehead atoms. The smallest absolute Gasteiger partial charge is 0.224 e. The van der Waals surface area contributed by atoms with E-state index < -0.39 is 0 Å². The Hall–Kier alpha value is -2.62. The van der Waals surface area contributed by atoms with E-state index in [1.54, 1.807) is 31.2 Å². The SMILES string of the molecule is CCC(=O)Nc1ccc(NC(=O)CCCc2ccccc2)cc1. The summed E-state index contributed by atoms with van der Waals surface area (Å²) in [5.74, 6) is -0.0195. The van der Waals surface area contributed by atoms with Gasteiger partial charge in [-0.1, -0.05) is 37.3 Å². The summed E-state index contributed by atoms with van der Waals surface area (Å²) in [5, 5.41) is 5.64. The van der Waals surface area contributed by atoms with Crippen LogP contribution in [0.25, 0.3) is 0 Å². The minimum absolute atomic E-state index is 0.00581. The van der Waals surface area contributed by atoms with Gasteiger partial charge in [-0.3, -0.25) is 9.59 Å². The number of benzene rings is 2. The van der Waals surface area contributed by atoms with Crippen LogP contribution in [0.15, 0.2) is 54.6 Å². The molecule has 120 valence electrons. The fourth-order valence-electron chi connectivity index (χ4n) is 2.21. The standard InChI is InChI=1S/C19H22N2O2/c1-2-18(22)20-16-11-13-17(14-12-16)21-19(23)10-6-9-15-7-4-3-5-8-15/h3-5,7-8,11-14H,2,6,9-10H2,1H3,(H,20,22)(H,21,23). The molecule has 0 fully saturated rings. The Bertz CT molecular complexity index is 636. The molecule has 2 N–H and O–H groups in total. The molecule has 0 spiro atoms. The van der Waals surface area contributed by atoms with Gasteiger partial charge in [-0.2, -0.15) is 0 Å². The molecule has 2 rings (SSSR count). The maximum atomic E-state index is 11.9. The zero-order valence-corrected chi connectivity index (χ0v) is 13.3. The van der Waals surface area contributed by atoms with Crippen molar-refractivity contribution in [1.82, 2.24) is 0 Å². The molecule has 0 saturated heterocycles. The highest BCUT2D eigenvalue weighted by molar-refractivity contribution is 5.92. The molecular weight excluding hydrogens is 288 g/mol. The minimum Gasteiger partial charge on any atom is -0.326 e. The summed E-state index contributed by atoms with van der Waals surface area (Å²) in [6.45, 7) is 1.80. The van der Waals surface area contributed by atoms with Crippen LogP contribution in [0.2, 0.25) is 0 Å². The Morgan fingerprint density at radius 2 is 1.39 bits per heavy atom. The van der Waals surface area contributed by atoms with Crippen LogP contribution in [0, 0.1) is 0 Å². The van der Waals surface area contributed by atoms with E-state index in [9.17, 15) is 9.59 Å². The lowest BCUT2D eigenvalue weighted by Crippen LogP contribution is -2.12. The summed E-state index contributed by atoms with van der Waals surface area (Å²) in [7, 11) is 0. The van der Waals surface area contributed by atoms with E-state index in [1.165, 1.54) is 5.56 Å². The van der Waals surface area contributed by atoms with Gasteiger partial charge in [0.15, 0.2) is 0 Å². The van der Waals surface area contributed by atoms with E-state index >= 15 is 0 Å². The van der Waals surface area contributed by atoms with E-state index in [-0.39, 0.29) is 11.8 Å². The van der Waals surface area contributed by atoms with Gasteiger partial charge in [0, 0.05) is 24.2 Å². The Labute approximate surface area is 136 Å². The Morgan fingerprint density at radius 3 is 1.96 bits per heavy atom. The molecule has 2 aromatic rings. The quantitative estimate of drug-likeness (QED) is 0.812. The first-order valence-electron chi connectivity index (χ1n) is 7.91. The molecule has 23 heavy (non-hydrogen) atoms. The number of carbonyl (C=O) groups is 2. The van der Waals surface area contributed by atoms with Crippen LogP contribution in [0.1, 0.15) is 31.7 Å². The van der Waals surface area contributed by atoms with Crippen molar-refractivity contribution in [3.63, 3.8) is 0 Å². The van der Waals surface area contributed by atoms with Gasteiger partial charge in [-0.25, -0.2) is 0 Å². The van der Waals surface area contributed by atoms with Crippen molar-refractivity contribution in [3.8, 4) is 0 Å². The number of aryl methyl sites for hydroxylation is 1. The molecule has 2 aromatic carbocycles. The molecule has 0 aliphatic rings. The third-order valence-corrected chi connectivity index (χ3v) is 3.49. The minimum atomic E-state index is -0.0253. The molecule has 4 nitrogen and oxygen atoms in total. The van der Waals surface area contributed by atoms with Crippen LogP contribution in [-0.2, 0) is 16.0 Å². The van der Waals surface area contributed by atoms with E-state index in [2.05, 4.69) is 22.8 Å². The number of anilines is 2. The second-order valence-electron chi connectivity index (χ2n) is 5.37. The van der Waals surface area contributed by atoms with Gasteiger partial charge in [0.25, 0.3) is 0 Å². The first-order chi connectivity index (χ1) is 11.2. The summed E-state index contributed by atoms with van der Waals surface area (Å²) in [6.07, 6.45) is 2.65. The fraction of sp³-hybridized carbons (Fsp3) is 0.263.